The summed E-state index contributed by atoms with van der Waals surface area (Å²) in [5.74, 6) is 0. The van der Waals surface area contributed by atoms with Crippen molar-refractivity contribution in [2.45, 2.75) is 0 Å². The first-order valence-corrected chi connectivity index (χ1v) is 0.408. The van der Waals surface area contributed by atoms with Gasteiger partial charge in [0.25, 0.3) is 0 Å². The molecule has 3 heteroatoms. The molecule has 2 nitrogen and oxygen atoms in total. The molecule has 0 aliphatic heterocycles. The van der Waals surface area contributed by atoms with Gasteiger partial charge in [-0.25, -0.2) is 0 Å². The zero-order chi connectivity index (χ0) is 2.71. The molecule has 0 bridgehead atoms. The molecule has 0 aromatic heterocycles. The van der Waals surface area contributed by atoms with Gasteiger partial charge in [-0.05, 0) is 0 Å². The van der Waals surface area contributed by atoms with Crippen molar-refractivity contribution in [3.63, 3.8) is 0 Å². The van der Waals surface area contributed by atoms with Crippen LogP contribution >= 0.6 is 0 Å². The van der Waals surface area contributed by atoms with E-state index >= 15 is 0 Å². The molecular weight excluding hydrogens is 129 g/mol. The molecule has 0 fully saturated rings. The molecule has 18 valence electrons. The van der Waals surface area contributed by atoms with Gasteiger partial charge in [0.1, 0.15) is 0 Å². The van der Waals surface area contributed by atoms with Gasteiger partial charge >= 0.3 is 64.3 Å². The van der Waals surface area contributed by atoms with Crippen molar-refractivity contribution in [2.75, 3.05) is 0 Å². The van der Waals surface area contributed by atoms with Gasteiger partial charge in [-0.1, -0.05) is 0 Å². The molecule has 4 heavy (non-hydrogen) atoms. The molecule has 0 saturated carbocycles. The van der Waals surface area contributed by atoms with Crippen LogP contribution in [0.3, 0.4) is 0 Å². The van der Waals surface area contributed by atoms with Gasteiger partial charge in [-0.3, -0.25) is 0 Å². The molecule has 0 amide bonds. The Kier molecular flexibility index (Phi) is 19.9. The Labute approximate surface area is 72.4 Å². The van der Waals surface area contributed by atoms with Crippen molar-refractivity contribution in [2.24, 2.45) is 0 Å². The minimum absolute atomic E-state index is 0. The van der Waals surface area contributed by atoms with E-state index in [0.717, 1.165) is 0 Å². The Bertz CT molecular complexity index is 27.0. The molecule has 0 aliphatic carbocycles. The molecule has 0 atom stereocenters. The van der Waals surface area contributed by atoms with Gasteiger partial charge in [0.05, 0.1) is 0 Å². The van der Waals surface area contributed by atoms with E-state index in [2.05, 4.69) is 0 Å². The molecule has 0 aromatic rings. The van der Waals surface area contributed by atoms with Crippen LogP contribution in [0, 0.1) is 0 Å². The molecule has 0 saturated heterocycles. The average molecular weight is 130 g/mol. The summed E-state index contributed by atoms with van der Waals surface area (Å²) < 4.78 is 0. The Morgan fingerprint density at radius 3 is 1.25 bits per heavy atom. The van der Waals surface area contributed by atoms with Crippen LogP contribution in [0.4, 0.5) is 0 Å². The van der Waals surface area contributed by atoms with Crippen LogP contribution < -0.4 is 0 Å². The van der Waals surface area contributed by atoms with Gasteiger partial charge < -0.3 is 0 Å². The summed E-state index contributed by atoms with van der Waals surface area (Å²) in [5.41, 5.74) is 0. The van der Waals surface area contributed by atoms with Crippen LogP contribution in [0.5, 0.6) is 0 Å². The van der Waals surface area contributed by atoms with E-state index in [0.29, 0.717) is 0 Å². The maximum atomic E-state index is 8.12. The van der Waals surface area contributed by atoms with E-state index in [-0.39, 0.29) is 64.3 Å². The van der Waals surface area contributed by atoms with E-state index in [4.69, 9.17) is 9.59 Å². The summed E-state index contributed by atoms with van der Waals surface area (Å²) in [6.07, 6.45) is 0.250. The number of hydrogen-bond donors (Lipinski definition) is 0. The third-order valence-corrected chi connectivity index (χ3v) is 0. The topological polar surface area (TPSA) is 34.1 Å². The second kappa shape index (κ2) is 8.89. The van der Waals surface area contributed by atoms with E-state index < -0.39 is 0 Å². The minimum atomic E-state index is 0. The summed E-state index contributed by atoms with van der Waals surface area (Å²) in [4.78, 5) is 16.2. The first kappa shape index (κ1) is 8.95. The first-order chi connectivity index (χ1) is 1.41. The van der Waals surface area contributed by atoms with Gasteiger partial charge in [-0.2, -0.15) is 9.59 Å². The molecule has 0 heterocycles. The van der Waals surface area contributed by atoms with Crippen LogP contribution in [0.25, 0.3) is 0 Å². The van der Waals surface area contributed by atoms with Gasteiger partial charge in [-0.15, -0.1) is 0 Å². The number of carbonyl (C=O) groups excluding carboxylic acids is 2. The van der Waals surface area contributed by atoms with Crippen molar-refractivity contribution >= 4 is 64.3 Å². The van der Waals surface area contributed by atoms with Gasteiger partial charge in [0.15, 0.2) is 0 Å². The molecule has 0 unspecified atom stereocenters. The fourth-order valence-electron chi connectivity index (χ4n) is 0. The zero-order valence-corrected chi connectivity index (χ0v) is 1.32. The third-order valence-electron chi connectivity index (χ3n) is 0. The van der Waals surface area contributed by atoms with Crippen molar-refractivity contribution in [1.82, 2.24) is 0 Å². The SMILES string of the molecule is O=C=O.[RbH]. The van der Waals surface area contributed by atoms with Crippen LogP contribution in [-0.4, -0.2) is 64.3 Å². The van der Waals surface area contributed by atoms with Crippen molar-refractivity contribution < 1.29 is 9.59 Å². The summed E-state index contributed by atoms with van der Waals surface area (Å²) in [5, 5.41) is 0. The van der Waals surface area contributed by atoms with Crippen LogP contribution in [0.2, 0.25) is 0 Å². The van der Waals surface area contributed by atoms with E-state index in [1.165, 1.54) is 0 Å². The van der Waals surface area contributed by atoms with Gasteiger partial charge in [0, 0.05) is 0 Å². The number of rotatable bonds is 0. The van der Waals surface area contributed by atoms with Gasteiger partial charge in [0.2, 0.25) is 0 Å². The molecule has 0 aromatic carbocycles. The Balaban J connectivity index is 0. The third kappa shape index (κ3) is 10.8. The standard InChI is InChI=1S/CO2.Rb.H/c2-1-3;;. The molecule has 0 radical (unpaired) electrons. The predicted octanol–water partition coefficient (Wildman–Crippen LogP) is -1.23. The Morgan fingerprint density at radius 2 is 1.25 bits per heavy atom. The maximum absolute atomic E-state index is 8.12. The summed E-state index contributed by atoms with van der Waals surface area (Å²) in [6.45, 7) is 0. The van der Waals surface area contributed by atoms with Crippen molar-refractivity contribution in [3.05, 3.63) is 0 Å². The summed E-state index contributed by atoms with van der Waals surface area (Å²) in [7, 11) is 0. The van der Waals surface area contributed by atoms with Crippen LogP contribution in [0.1, 0.15) is 0 Å². The fourth-order valence-corrected chi connectivity index (χ4v) is 0. The molecule has 0 rings (SSSR count). The molecular formula is CHO2Rb. The molecule has 0 spiro atoms. The summed E-state index contributed by atoms with van der Waals surface area (Å²) >= 11 is 0. The summed E-state index contributed by atoms with van der Waals surface area (Å²) in [6, 6.07) is 0. The zero-order valence-electron chi connectivity index (χ0n) is 1.32. The first-order valence-electron chi connectivity index (χ1n) is 0.408. The van der Waals surface area contributed by atoms with Crippen molar-refractivity contribution in [1.29, 1.82) is 0 Å². The van der Waals surface area contributed by atoms with E-state index in [1.807, 2.05) is 0 Å². The average Bonchev–Trinajstić information content (AvgIpc) is 0.918. The Hall–Kier alpha value is 1.19. The second-order valence-electron chi connectivity index (χ2n) is 0.0833. The normalized spacial score (nSPS) is 2.00. The van der Waals surface area contributed by atoms with Crippen LogP contribution in [0.15, 0.2) is 0 Å². The fraction of sp³-hybridized carbons (Fsp3) is 0. The predicted molar refractivity (Wildman–Crippen MR) is 12.2 cm³/mol. The van der Waals surface area contributed by atoms with E-state index in [9.17, 15) is 0 Å². The molecule has 0 aliphatic rings. The van der Waals surface area contributed by atoms with Crippen molar-refractivity contribution in [3.8, 4) is 0 Å². The quantitative estimate of drug-likeness (QED) is 0.411. The molecule has 0 N–H and O–H groups in total. The second-order valence-corrected chi connectivity index (χ2v) is 0.0833. The van der Waals surface area contributed by atoms with E-state index in [1.54, 1.807) is 0 Å². The monoisotopic (exact) mass is 130 g/mol. The van der Waals surface area contributed by atoms with Crippen LogP contribution in [-0.2, 0) is 9.59 Å². The number of hydrogen-bond acceptors (Lipinski definition) is 2. The Morgan fingerprint density at radius 1 is 1.25 bits per heavy atom.